The first-order valence-electron chi connectivity index (χ1n) is 14.4. The quantitative estimate of drug-likeness (QED) is 0.297. The van der Waals surface area contributed by atoms with Gasteiger partial charge in [-0.15, -0.1) is 0 Å². The maximum Gasteiger partial charge on any atom is 0.275 e. The SMILES string of the molecule is CCN(CCCCOC)CC1=Cc2[nH]c(=O)c(-c3cccc4c(=O)n(CCN5CCCC5)[nH]c34)nc2CC(O)=C1. The summed E-state index contributed by atoms with van der Waals surface area (Å²) in [5.74, 6) is 0.200. The summed E-state index contributed by atoms with van der Waals surface area (Å²) in [7, 11) is 1.71. The van der Waals surface area contributed by atoms with Crippen LogP contribution in [0.25, 0.3) is 28.2 Å². The number of methoxy groups -OCH3 is 1. The van der Waals surface area contributed by atoms with Gasteiger partial charge in [0.15, 0.2) is 0 Å². The lowest BCUT2D eigenvalue weighted by Crippen LogP contribution is -2.28. The Bertz CT molecular complexity index is 1510. The van der Waals surface area contributed by atoms with E-state index < -0.39 is 0 Å². The van der Waals surface area contributed by atoms with E-state index in [1.54, 1.807) is 30.0 Å². The van der Waals surface area contributed by atoms with Crippen molar-refractivity contribution < 1.29 is 9.84 Å². The molecule has 0 amide bonds. The van der Waals surface area contributed by atoms with E-state index in [0.29, 0.717) is 40.9 Å². The summed E-state index contributed by atoms with van der Waals surface area (Å²) >= 11 is 0. The Morgan fingerprint density at radius 3 is 2.73 bits per heavy atom. The highest BCUT2D eigenvalue weighted by atomic mass is 16.5. The number of fused-ring (bicyclic) bond motifs is 2. The largest absolute Gasteiger partial charge is 0.512 e. The number of benzene rings is 1. The van der Waals surface area contributed by atoms with Gasteiger partial charge in [0, 0.05) is 38.8 Å². The van der Waals surface area contributed by atoms with Gasteiger partial charge in [-0.1, -0.05) is 19.1 Å². The molecule has 0 saturated carbocycles. The number of likely N-dealkylation sites (N-methyl/N-ethyl adjacent to an activating group) is 1. The minimum Gasteiger partial charge on any atom is -0.512 e. The summed E-state index contributed by atoms with van der Waals surface area (Å²) in [6.45, 7) is 8.82. The van der Waals surface area contributed by atoms with Crippen LogP contribution in [-0.2, 0) is 17.7 Å². The molecule has 1 aliphatic heterocycles. The van der Waals surface area contributed by atoms with E-state index in [0.717, 1.165) is 57.7 Å². The maximum absolute atomic E-state index is 13.4. The molecule has 40 heavy (non-hydrogen) atoms. The molecule has 1 saturated heterocycles. The summed E-state index contributed by atoms with van der Waals surface area (Å²) < 4.78 is 6.78. The molecule has 0 atom stereocenters. The van der Waals surface area contributed by atoms with E-state index in [-0.39, 0.29) is 29.0 Å². The van der Waals surface area contributed by atoms with Crippen LogP contribution in [0, 0.1) is 0 Å². The fraction of sp³-hybridized carbons (Fsp3) is 0.500. The van der Waals surface area contributed by atoms with Crippen molar-refractivity contribution in [2.45, 2.75) is 45.6 Å². The molecule has 1 aromatic carbocycles. The van der Waals surface area contributed by atoms with Gasteiger partial charge in [0.2, 0.25) is 0 Å². The number of likely N-dealkylation sites (tertiary alicyclic amines) is 1. The van der Waals surface area contributed by atoms with Gasteiger partial charge in [0.25, 0.3) is 11.1 Å². The zero-order valence-corrected chi connectivity index (χ0v) is 23.5. The molecule has 10 nitrogen and oxygen atoms in total. The molecule has 3 aromatic rings. The van der Waals surface area contributed by atoms with E-state index in [1.165, 1.54) is 12.8 Å². The number of rotatable bonds is 12. The van der Waals surface area contributed by atoms with Crippen LogP contribution in [-0.4, -0.2) is 87.6 Å². The Hall–Kier alpha value is -3.47. The topological polar surface area (TPSA) is 119 Å². The number of aliphatic hydroxyl groups excluding tert-OH is 1. The predicted octanol–water partition coefficient (Wildman–Crippen LogP) is 3.31. The van der Waals surface area contributed by atoms with Gasteiger partial charge in [-0.2, -0.15) is 0 Å². The summed E-state index contributed by atoms with van der Waals surface area (Å²) in [6, 6.07) is 5.37. The molecule has 1 aliphatic carbocycles. The molecule has 3 N–H and O–H groups in total. The normalized spacial score (nSPS) is 15.9. The van der Waals surface area contributed by atoms with Crippen LogP contribution in [0.3, 0.4) is 0 Å². The van der Waals surface area contributed by atoms with Crippen LogP contribution in [0.4, 0.5) is 0 Å². The standard InChI is InChI=1S/C30H40N6O4/c1-3-34(11-6-7-16-40-2)20-21-17-22(37)19-26-25(18-21)32-29(38)28(31-26)23-9-8-10-24-27(23)33-36(30(24)39)15-14-35-12-4-5-13-35/h8-10,17-18,33,37H,3-7,11-16,19-20H2,1-2H3,(H,32,38). The average molecular weight is 549 g/mol. The number of aliphatic hydroxyl groups is 1. The van der Waals surface area contributed by atoms with E-state index >= 15 is 0 Å². The molecule has 5 rings (SSSR count). The van der Waals surface area contributed by atoms with Crippen LogP contribution in [0.2, 0.25) is 0 Å². The fourth-order valence-corrected chi connectivity index (χ4v) is 5.66. The highest BCUT2D eigenvalue weighted by Gasteiger charge is 2.20. The minimum absolute atomic E-state index is 0.0990. The van der Waals surface area contributed by atoms with Crippen molar-refractivity contribution >= 4 is 17.0 Å². The van der Waals surface area contributed by atoms with E-state index in [9.17, 15) is 14.7 Å². The van der Waals surface area contributed by atoms with Gasteiger partial charge in [-0.3, -0.25) is 24.3 Å². The lowest BCUT2D eigenvalue weighted by molar-refractivity contribution is 0.186. The Morgan fingerprint density at radius 1 is 1.12 bits per heavy atom. The molecule has 2 aromatic heterocycles. The van der Waals surface area contributed by atoms with Crippen molar-refractivity contribution in [3.8, 4) is 11.3 Å². The Balaban J connectivity index is 1.43. The maximum atomic E-state index is 13.4. The van der Waals surface area contributed by atoms with Crippen molar-refractivity contribution in [3.05, 3.63) is 67.7 Å². The molecule has 0 spiro atoms. The number of nitrogens with zero attached hydrogens (tertiary/aromatic N) is 4. The number of hydrogen-bond donors (Lipinski definition) is 3. The smallest absolute Gasteiger partial charge is 0.275 e. The summed E-state index contributed by atoms with van der Waals surface area (Å²) in [4.78, 5) is 38.9. The molecular formula is C30H40N6O4. The molecule has 214 valence electrons. The van der Waals surface area contributed by atoms with E-state index in [1.807, 2.05) is 12.1 Å². The second-order valence-electron chi connectivity index (χ2n) is 10.7. The summed E-state index contributed by atoms with van der Waals surface area (Å²) in [6.07, 6.45) is 8.31. The third kappa shape index (κ3) is 6.29. The number of unbranched alkanes of at least 4 members (excludes halogenated alkanes) is 1. The number of aromatic nitrogens is 4. The second-order valence-corrected chi connectivity index (χ2v) is 10.7. The number of allylic oxidation sites excluding steroid dienone is 1. The Labute approximate surface area is 234 Å². The summed E-state index contributed by atoms with van der Waals surface area (Å²) in [5, 5.41) is 14.5. The molecular weight excluding hydrogens is 508 g/mol. The number of para-hydroxylation sites is 1. The van der Waals surface area contributed by atoms with Crippen LogP contribution in [0.15, 0.2) is 45.2 Å². The van der Waals surface area contributed by atoms with E-state index in [2.05, 4.69) is 26.8 Å². The number of H-pyrrole nitrogens is 2. The lowest BCUT2D eigenvalue weighted by atomic mass is 10.1. The second kappa shape index (κ2) is 12.8. The third-order valence-corrected chi connectivity index (χ3v) is 7.86. The molecule has 2 aliphatic rings. The molecule has 0 unspecified atom stereocenters. The van der Waals surface area contributed by atoms with Gasteiger partial charge in [0.1, 0.15) is 5.69 Å². The number of hydrogen-bond acceptors (Lipinski definition) is 7. The van der Waals surface area contributed by atoms with Crippen LogP contribution >= 0.6 is 0 Å². The van der Waals surface area contributed by atoms with Gasteiger partial charge >= 0.3 is 0 Å². The third-order valence-electron chi connectivity index (χ3n) is 7.86. The van der Waals surface area contributed by atoms with Crippen LogP contribution in [0.1, 0.15) is 44.0 Å². The zero-order chi connectivity index (χ0) is 28.1. The first-order chi connectivity index (χ1) is 19.5. The molecule has 10 heteroatoms. The first-order valence-corrected chi connectivity index (χ1v) is 14.4. The van der Waals surface area contributed by atoms with Crippen molar-refractivity contribution in [3.63, 3.8) is 0 Å². The first kappa shape index (κ1) is 28.1. The number of nitrogens with one attached hydrogen (secondary N) is 2. The molecule has 3 heterocycles. The Kier molecular flexibility index (Phi) is 8.98. The van der Waals surface area contributed by atoms with Gasteiger partial charge in [0.05, 0.1) is 34.6 Å². The van der Waals surface area contributed by atoms with Crippen molar-refractivity contribution in [2.24, 2.45) is 0 Å². The van der Waals surface area contributed by atoms with Gasteiger partial charge in [-0.05, 0) is 75.7 Å². The van der Waals surface area contributed by atoms with Crippen LogP contribution in [0.5, 0.6) is 0 Å². The summed E-state index contributed by atoms with van der Waals surface area (Å²) in [5.41, 5.74) is 3.08. The van der Waals surface area contributed by atoms with E-state index in [4.69, 9.17) is 9.72 Å². The van der Waals surface area contributed by atoms with Crippen molar-refractivity contribution in [1.29, 1.82) is 0 Å². The number of ether oxygens (including phenoxy) is 1. The zero-order valence-electron chi connectivity index (χ0n) is 23.5. The predicted molar refractivity (Wildman–Crippen MR) is 158 cm³/mol. The lowest BCUT2D eigenvalue weighted by Gasteiger charge is -2.21. The molecule has 0 radical (unpaired) electrons. The Morgan fingerprint density at radius 2 is 1.95 bits per heavy atom. The average Bonchev–Trinajstić information content (AvgIpc) is 3.54. The van der Waals surface area contributed by atoms with Crippen LogP contribution < -0.4 is 11.1 Å². The number of aromatic amines is 2. The fourth-order valence-electron chi connectivity index (χ4n) is 5.66. The molecule has 1 fully saturated rings. The van der Waals surface area contributed by atoms with Crippen molar-refractivity contribution in [2.75, 3.05) is 53.0 Å². The van der Waals surface area contributed by atoms with Gasteiger partial charge < -0.3 is 19.7 Å². The molecule has 0 bridgehead atoms. The highest BCUT2D eigenvalue weighted by molar-refractivity contribution is 5.92. The minimum atomic E-state index is -0.333. The van der Waals surface area contributed by atoms with Gasteiger partial charge in [-0.25, -0.2) is 4.98 Å². The van der Waals surface area contributed by atoms with Crippen molar-refractivity contribution in [1.82, 2.24) is 29.5 Å². The monoisotopic (exact) mass is 548 g/mol. The highest BCUT2D eigenvalue weighted by Crippen LogP contribution is 2.25.